The Bertz CT molecular complexity index is 1080. The molecule has 0 radical (unpaired) electrons. The zero-order chi connectivity index (χ0) is 25.5. The van der Waals surface area contributed by atoms with Crippen molar-refractivity contribution in [1.82, 2.24) is 0 Å². The molecule has 194 valence electrons. The van der Waals surface area contributed by atoms with Crippen molar-refractivity contribution in [3.63, 3.8) is 0 Å². The molecule has 1 unspecified atom stereocenters. The van der Waals surface area contributed by atoms with Gasteiger partial charge in [-0.25, -0.2) is 0 Å². The summed E-state index contributed by atoms with van der Waals surface area (Å²) in [6.07, 6.45) is 13.8. The van der Waals surface area contributed by atoms with Gasteiger partial charge in [0, 0.05) is 6.04 Å². The van der Waals surface area contributed by atoms with Crippen LogP contribution in [0.2, 0.25) is 0 Å². The van der Waals surface area contributed by atoms with Gasteiger partial charge in [-0.05, 0) is 116 Å². The summed E-state index contributed by atoms with van der Waals surface area (Å²) < 4.78 is 0. The van der Waals surface area contributed by atoms with Crippen LogP contribution in [0.5, 0.6) is 0 Å². The number of aryl methyl sites for hydroxylation is 1. The van der Waals surface area contributed by atoms with Crippen molar-refractivity contribution in [1.29, 1.82) is 0 Å². The van der Waals surface area contributed by atoms with Crippen LogP contribution in [-0.2, 0) is 12.8 Å². The average molecular weight is 492 g/mol. The first-order chi connectivity index (χ1) is 18.2. The molecule has 0 spiro atoms. The highest BCUT2D eigenvalue weighted by Gasteiger charge is 2.22. The fraction of sp³-hybridized carbons (Fsp3) is 0.472. The minimum atomic E-state index is 0.484. The molecule has 3 aromatic rings. The summed E-state index contributed by atoms with van der Waals surface area (Å²) >= 11 is 0. The Labute approximate surface area is 225 Å². The van der Waals surface area contributed by atoms with Gasteiger partial charge in [-0.3, -0.25) is 4.99 Å². The van der Waals surface area contributed by atoms with E-state index in [1.165, 1.54) is 80.0 Å². The van der Waals surface area contributed by atoms with Crippen molar-refractivity contribution in [2.45, 2.75) is 101 Å². The first-order valence-corrected chi connectivity index (χ1v) is 14.9. The number of rotatable bonds is 9. The summed E-state index contributed by atoms with van der Waals surface area (Å²) in [5.74, 6) is 2.92. The Balaban J connectivity index is 1.21. The van der Waals surface area contributed by atoms with Gasteiger partial charge in [-0.1, -0.05) is 98.6 Å². The van der Waals surface area contributed by atoms with Crippen molar-refractivity contribution < 1.29 is 0 Å². The van der Waals surface area contributed by atoms with Crippen molar-refractivity contribution in [2.75, 3.05) is 0 Å². The predicted octanol–water partition coefficient (Wildman–Crippen LogP) is 9.67. The smallest absolute Gasteiger partial charge is 0.0492 e. The van der Waals surface area contributed by atoms with Crippen LogP contribution < -0.4 is 0 Å². The summed E-state index contributed by atoms with van der Waals surface area (Å²) in [5.41, 5.74) is 7.48. The van der Waals surface area contributed by atoms with E-state index in [1.54, 1.807) is 5.56 Å². The molecular weight excluding hydrogens is 446 g/mol. The van der Waals surface area contributed by atoms with Crippen LogP contribution in [0.4, 0.5) is 0 Å². The molecule has 0 bridgehead atoms. The number of hydrogen-bond acceptors (Lipinski definition) is 1. The first kappa shape index (κ1) is 26.0. The van der Waals surface area contributed by atoms with Gasteiger partial charge in [0.15, 0.2) is 0 Å². The van der Waals surface area contributed by atoms with Gasteiger partial charge in [0.2, 0.25) is 0 Å². The van der Waals surface area contributed by atoms with Gasteiger partial charge < -0.3 is 0 Å². The monoisotopic (exact) mass is 491 g/mol. The zero-order valence-electron chi connectivity index (χ0n) is 22.8. The Hall–Kier alpha value is -2.67. The van der Waals surface area contributed by atoms with E-state index >= 15 is 0 Å². The van der Waals surface area contributed by atoms with Gasteiger partial charge in [-0.15, -0.1) is 0 Å². The maximum absolute atomic E-state index is 4.26. The molecule has 0 heterocycles. The summed E-state index contributed by atoms with van der Waals surface area (Å²) in [4.78, 5) is 4.26. The Kier molecular flexibility index (Phi) is 8.93. The van der Waals surface area contributed by atoms with Crippen molar-refractivity contribution in [3.05, 3.63) is 107 Å². The quantitative estimate of drug-likeness (QED) is 0.264. The lowest BCUT2D eigenvalue weighted by Crippen LogP contribution is -2.15. The largest absolute Gasteiger partial charge is 0.298 e. The molecule has 0 aliphatic heterocycles. The van der Waals surface area contributed by atoms with Crippen LogP contribution in [0, 0.1) is 5.92 Å². The van der Waals surface area contributed by atoms with E-state index in [0.717, 1.165) is 24.7 Å². The van der Waals surface area contributed by atoms with Crippen molar-refractivity contribution in [2.24, 2.45) is 10.9 Å². The van der Waals surface area contributed by atoms with Crippen LogP contribution in [0.25, 0.3) is 0 Å². The Morgan fingerprint density at radius 2 is 1.22 bits per heavy atom. The molecule has 2 saturated carbocycles. The molecular formula is C36H45N. The van der Waals surface area contributed by atoms with E-state index in [0.29, 0.717) is 17.9 Å². The molecule has 0 amide bonds. The third-order valence-electron chi connectivity index (χ3n) is 9.41. The highest BCUT2D eigenvalue weighted by Crippen LogP contribution is 2.36. The molecule has 5 rings (SSSR count). The molecule has 0 N–H and O–H groups in total. The highest BCUT2D eigenvalue weighted by atomic mass is 14.7. The molecule has 2 aliphatic rings. The van der Waals surface area contributed by atoms with Crippen molar-refractivity contribution in [3.8, 4) is 0 Å². The fourth-order valence-corrected chi connectivity index (χ4v) is 6.80. The summed E-state index contributed by atoms with van der Waals surface area (Å²) in [5, 5.41) is 0. The number of aliphatic imine (C=N–C) groups is 1. The number of hydrogen-bond donors (Lipinski definition) is 0. The van der Waals surface area contributed by atoms with Gasteiger partial charge in [0.25, 0.3) is 0 Å². The summed E-state index contributed by atoms with van der Waals surface area (Å²) in [6.45, 7) is 6.16. The average Bonchev–Trinajstić information content (AvgIpc) is 2.97. The molecule has 0 saturated heterocycles. The van der Waals surface area contributed by atoms with Crippen LogP contribution in [-0.4, -0.2) is 12.8 Å². The second kappa shape index (κ2) is 12.7. The molecule has 37 heavy (non-hydrogen) atoms. The van der Waals surface area contributed by atoms with E-state index in [4.69, 9.17) is 0 Å². The van der Waals surface area contributed by atoms with E-state index in [2.05, 4.69) is 97.5 Å². The fourth-order valence-electron chi connectivity index (χ4n) is 6.80. The molecule has 0 aromatic heterocycles. The highest BCUT2D eigenvalue weighted by molar-refractivity contribution is 5.30. The lowest BCUT2D eigenvalue weighted by atomic mass is 9.79. The van der Waals surface area contributed by atoms with E-state index in [9.17, 15) is 0 Å². The van der Waals surface area contributed by atoms with Crippen LogP contribution in [0.3, 0.4) is 0 Å². The summed E-state index contributed by atoms with van der Waals surface area (Å²) in [7, 11) is 0. The number of benzene rings is 3. The molecule has 1 heteroatoms. The second-order valence-electron chi connectivity index (χ2n) is 12.0. The topological polar surface area (TPSA) is 12.4 Å². The van der Waals surface area contributed by atoms with E-state index in [-0.39, 0.29) is 0 Å². The van der Waals surface area contributed by atoms with Gasteiger partial charge >= 0.3 is 0 Å². The maximum atomic E-state index is 4.26. The predicted molar refractivity (Wildman–Crippen MR) is 159 cm³/mol. The Morgan fingerprint density at radius 3 is 1.78 bits per heavy atom. The third kappa shape index (κ3) is 7.01. The normalized spacial score (nSPS) is 24.9. The molecule has 1 nitrogen and oxygen atoms in total. The molecule has 2 fully saturated rings. The van der Waals surface area contributed by atoms with Gasteiger partial charge in [0.05, 0.1) is 0 Å². The van der Waals surface area contributed by atoms with Crippen molar-refractivity contribution >= 4 is 6.72 Å². The van der Waals surface area contributed by atoms with Crippen LogP contribution >= 0.6 is 0 Å². The summed E-state index contributed by atoms with van der Waals surface area (Å²) in [6, 6.07) is 30.9. The lowest BCUT2D eigenvalue weighted by Gasteiger charge is -2.26. The standard InChI is InChI=1S/C36H45N/c1-27-8-15-31(16-9-27)33-19-13-29(14-20-33)26-35(30-6-4-3-5-7-30)21-12-28-10-17-32(18-11-28)34-22-24-36(37-2)25-23-34/h3-7,10-11,13-14,17-20,27,31,34-36H,2,8-9,12,15-16,21-26H2,1H3. The van der Waals surface area contributed by atoms with Crippen LogP contribution in [0.1, 0.15) is 110 Å². The SMILES string of the molecule is C=NC1CCC(c2ccc(CCC(Cc3ccc(C4CCC(C)CC4)cc3)c3ccccc3)cc2)CC1. The van der Waals surface area contributed by atoms with Gasteiger partial charge in [-0.2, -0.15) is 0 Å². The minimum Gasteiger partial charge on any atom is -0.298 e. The second-order valence-corrected chi connectivity index (χ2v) is 12.0. The molecule has 3 aromatic carbocycles. The Morgan fingerprint density at radius 1 is 0.676 bits per heavy atom. The molecule has 2 aliphatic carbocycles. The van der Waals surface area contributed by atoms with Crippen LogP contribution in [0.15, 0.2) is 83.9 Å². The first-order valence-electron chi connectivity index (χ1n) is 14.9. The maximum Gasteiger partial charge on any atom is 0.0492 e. The van der Waals surface area contributed by atoms with E-state index in [1.807, 2.05) is 0 Å². The van der Waals surface area contributed by atoms with E-state index < -0.39 is 0 Å². The third-order valence-corrected chi connectivity index (χ3v) is 9.41. The lowest BCUT2D eigenvalue weighted by molar-refractivity contribution is 0.348. The minimum absolute atomic E-state index is 0.484. The number of nitrogens with zero attached hydrogens (tertiary/aromatic N) is 1. The molecule has 1 atom stereocenters. The zero-order valence-corrected chi connectivity index (χ0v) is 22.8. The van der Waals surface area contributed by atoms with Gasteiger partial charge in [0.1, 0.15) is 0 Å².